The standard InChI is InChI=1S/C17H18N6/c1-4-13(10-18-3)15-11-21-17-16(20-7-8-23(15)17)22-14-5-6-19-12(2)9-14/h4-11H,1-3H3,(H,19,20,22)/b13-4+,18-10?. The first-order valence-corrected chi connectivity index (χ1v) is 7.33. The average Bonchev–Trinajstić information content (AvgIpc) is 2.98. The molecule has 3 rings (SSSR count). The van der Waals surface area contributed by atoms with E-state index in [9.17, 15) is 0 Å². The van der Waals surface area contributed by atoms with E-state index in [-0.39, 0.29) is 0 Å². The third-order valence-electron chi connectivity index (χ3n) is 3.46. The predicted molar refractivity (Wildman–Crippen MR) is 93.3 cm³/mol. The van der Waals surface area contributed by atoms with E-state index in [1.807, 2.05) is 55.1 Å². The summed E-state index contributed by atoms with van der Waals surface area (Å²) in [6.45, 7) is 3.94. The van der Waals surface area contributed by atoms with E-state index in [4.69, 9.17) is 0 Å². The number of anilines is 2. The van der Waals surface area contributed by atoms with Gasteiger partial charge in [-0.25, -0.2) is 9.97 Å². The van der Waals surface area contributed by atoms with Crippen LogP contribution in [0.1, 0.15) is 18.3 Å². The van der Waals surface area contributed by atoms with Gasteiger partial charge in [0.15, 0.2) is 11.5 Å². The number of aliphatic imine (C=N–C) groups is 1. The lowest BCUT2D eigenvalue weighted by Gasteiger charge is -2.08. The quantitative estimate of drug-likeness (QED) is 0.751. The summed E-state index contributed by atoms with van der Waals surface area (Å²) in [5, 5.41) is 3.30. The molecule has 0 aromatic carbocycles. The van der Waals surface area contributed by atoms with Crippen molar-refractivity contribution >= 4 is 28.9 Å². The Morgan fingerprint density at radius 3 is 2.87 bits per heavy atom. The van der Waals surface area contributed by atoms with Gasteiger partial charge in [0.25, 0.3) is 0 Å². The molecule has 0 spiro atoms. The highest BCUT2D eigenvalue weighted by molar-refractivity contribution is 6.09. The number of rotatable bonds is 4. The van der Waals surface area contributed by atoms with Gasteiger partial charge in [-0.3, -0.25) is 14.4 Å². The van der Waals surface area contributed by atoms with Crippen molar-refractivity contribution in [2.75, 3.05) is 12.4 Å². The fourth-order valence-electron chi connectivity index (χ4n) is 2.41. The molecule has 0 unspecified atom stereocenters. The lowest BCUT2D eigenvalue weighted by Crippen LogP contribution is -2.00. The van der Waals surface area contributed by atoms with Crippen molar-refractivity contribution in [3.8, 4) is 0 Å². The smallest absolute Gasteiger partial charge is 0.180 e. The maximum absolute atomic E-state index is 4.51. The summed E-state index contributed by atoms with van der Waals surface area (Å²) in [5.41, 5.74) is 4.63. The topological polar surface area (TPSA) is 67.5 Å². The molecule has 0 aliphatic carbocycles. The Bertz CT molecular complexity index is 891. The van der Waals surface area contributed by atoms with Crippen molar-refractivity contribution in [2.45, 2.75) is 13.8 Å². The van der Waals surface area contributed by atoms with Gasteiger partial charge >= 0.3 is 0 Å². The lowest BCUT2D eigenvalue weighted by atomic mass is 10.2. The second-order valence-electron chi connectivity index (χ2n) is 5.06. The van der Waals surface area contributed by atoms with Crippen molar-refractivity contribution < 1.29 is 0 Å². The molecule has 3 aromatic heterocycles. The van der Waals surface area contributed by atoms with Gasteiger partial charge in [-0.15, -0.1) is 0 Å². The predicted octanol–water partition coefficient (Wildman–Crippen LogP) is 3.28. The zero-order valence-electron chi connectivity index (χ0n) is 13.4. The minimum Gasteiger partial charge on any atom is -0.337 e. The Labute approximate surface area is 134 Å². The Morgan fingerprint density at radius 2 is 2.13 bits per heavy atom. The molecule has 0 radical (unpaired) electrons. The van der Waals surface area contributed by atoms with Gasteiger partial charge in [0, 0.05) is 48.8 Å². The number of aryl methyl sites for hydroxylation is 1. The summed E-state index contributed by atoms with van der Waals surface area (Å²) in [4.78, 5) is 17.2. The molecule has 0 saturated heterocycles. The van der Waals surface area contributed by atoms with Crippen molar-refractivity contribution in [2.24, 2.45) is 4.99 Å². The number of aromatic nitrogens is 4. The third kappa shape index (κ3) is 2.96. The molecule has 0 bridgehead atoms. The highest BCUT2D eigenvalue weighted by atomic mass is 15.1. The third-order valence-corrected chi connectivity index (χ3v) is 3.46. The Morgan fingerprint density at radius 1 is 1.26 bits per heavy atom. The molecule has 6 nitrogen and oxygen atoms in total. The normalized spacial score (nSPS) is 12.2. The largest absolute Gasteiger partial charge is 0.337 e. The van der Waals surface area contributed by atoms with Crippen LogP contribution in [-0.2, 0) is 0 Å². The molecule has 116 valence electrons. The molecule has 6 heteroatoms. The maximum Gasteiger partial charge on any atom is 0.180 e. The van der Waals surface area contributed by atoms with E-state index < -0.39 is 0 Å². The van der Waals surface area contributed by atoms with Gasteiger partial charge in [-0.1, -0.05) is 6.08 Å². The average molecular weight is 306 g/mol. The van der Waals surface area contributed by atoms with Gasteiger partial charge in [0.05, 0.1) is 11.9 Å². The number of hydrogen-bond donors (Lipinski definition) is 1. The Balaban J connectivity index is 2.05. The monoisotopic (exact) mass is 306 g/mol. The van der Waals surface area contributed by atoms with E-state index in [1.54, 1.807) is 19.4 Å². The molecule has 0 saturated carbocycles. The summed E-state index contributed by atoms with van der Waals surface area (Å²) in [5.74, 6) is 0.702. The fourth-order valence-corrected chi connectivity index (χ4v) is 2.41. The summed E-state index contributed by atoms with van der Waals surface area (Å²) in [6, 6.07) is 3.87. The molecule has 3 heterocycles. The zero-order chi connectivity index (χ0) is 16.2. The zero-order valence-corrected chi connectivity index (χ0v) is 13.4. The minimum atomic E-state index is 0.702. The van der Waals surface area contributed by atoms with E-state index in [0.29, 0.717) is 5.82 Å². The molecular formula is C17H18N6. The van der Waals surface area contributed by atoms with Crippen molar-refractivity contribution in [1.29, 1.82) is 0 Å². The number of fused-ring (bicyclic) bond motifs is 1. The number of allylic oxidation sites excluding steroid dienone is 2. The lowest BCUT2D eigenvalue weighted by molar-refractivity contribution is 1.11. The molecule has 1 N–H and O–H groups in total. The number of hydrogen-bond acceptors (Lipinski definition) is 5. The van der Waals surface area contributed by atoms with Crippen LogP contribution < -0.4 is 5.32 Å². The SMILES string of the molecule is C/C=C(\C=NC)c1cnc2c(Nc3ccnc(C)c3)nccn12. The second-order valence-corrected chi connectivity index (χ2v) is 5.06. The highest BCUT2D eigenvalue weighted by Crippen LogP contribution is 2.22. The van der Waals surface area contributed by atoms with Crippen LogP contribution in [0.25, 0.3) is 11.2 Å². The van der Waals surface area contributed by atoms with Crippen LogP contribution in [0, 0.1) is 6.92 Å². The Hall–Kier alpha value is -3.02. The number of nitrogens with one attached hydrogen (secondary N) is 1. The second kappa shape index (κ2) is 6.39. The molecule has 0 aliphatic rings. The van der Waals surface area contributed by atoms with E-state index >= 15 is 0 Å². The molecule has 0 atom stereocenters. The summed E-state index contributed by atoms with van der Waals surface area (Å²) in [7, 11) is 1.76. The van der Waals surface area contributed by atoms with Crippen LogP contribution in [0.4, 0.5) is 11.5 Å². The molecule has 0 aliphatic heterocycles. The van der Waals surface area contributed by atoms with Gasteiger partial charge in [0.1, 0.15) is 0 Å². The van der Waals surface area contributed by atoms with Crippen LogP contribution in [0.15, 0.2) is 48.0 Å². The van der Waals surface area contributed by atoms with Gasteiger partial charge in [0.2, 0.25) is 0 Å². The van der Waals surface area contributed by atoms with E-state index in [0.717, 1.165) is 28.3 Å². The molecule has 3 aromatic rings. The number of imidazole rings is 1. The first kappa shape index (κ1) is 14.9. The van der Waals surface area contributed by atoms with Crippen molar-refractivity contribution in [1.82, 2.24) is 19.4 Å². The first-order chi connectivity index (χ1) is 11.2. The van der Waals surface area contributed by atoms with Gasteiger partial charge < -0.3 is 5.32 Å². The van der Waals surface area contributed by atoms with Gasteiger partial charge in [-0.2, -0.15) is 0 Å². The highest BCUT2D eigenvalue weighted by Gasteiger charge is 2.11. The molecule has 0 amide bonds. The van der Waals surface area contributed by atoms with Crippen LogP contribution >= 0.6 is 0 Å². The van der Waals surface area contributed by atoms with Gasteiger partial charge in [-0.05, 0) is 26.0 Å². The minimum absolute atomic E-state index is 0.702. The van der Waals surface area contributed by atoms with Crippen LogP contribution in [0.2, 0.25) is 0 Å². The fraction of sp³-hybridized carbons (Fsp3) is 0.176. The van der Waals surface area contributed by atoms with Crippen molar-refractivity contribution in [3.05, 3.63) is 54.4 Å². The molecular weight excluding hydrogens is 288 g/mol. The summed E-state index contributed by atoms with van der Waals surface area (Å²) < 4.78 is 2.00. The summed E-state index contributed by atoms with van der Waals surface area (Å²) >= 11 is 0. The van der Waals surface area contributed by atoms with Crippen LogP contribution in [0.3, 0.4) is 0 Å². The van der Waals surface area contributed by atoms with Crippen LogP contribution in [-0.4, -0.2) is 32.6 Å². The molecule has 0 fully saturated rings. The first-order valence-electron chi connectivity index (χ1n) is 7.33. The summed E-state index contributed by atoms with van der Waals surface area (Å²) in [6.07, 6.45) is 11.1. The van der Waals surface area contributed by atoms with E-state index in [2.05, 4.69) is 25.3 Å². The molecule has 23 heavy (non-hydrogen) atoms. The number of pyridine rings is 1. The Kier molecular flexibility index (Phi) is 4.14. The number of nitrogens with zero attached hydrogens (tertiary/aromatic N) is 5. The maximum atomic E-state index is 4.51. The van der Waals surface area contributed by atoms with Crippen molar-refractivity contribution in [3.63, 3.8) is 0 Å². The van der Waals surface area contributed by atoms with Crippen LogP contribution in [0.5, 0.6) is 0 Å². The van der Waals surface area contributed by atoms with E-state index in [1.165, 1.54) is 0 Å².